The van der Waals surface area contributed by atoms with Gasteiger partial charge in [0.1, 0.15) is 17.3 Å². The van der Waals surface area contributed by atoms with E-state index in [1.807, 2.05) is 6.07 Å². The number of ether oxygens (including phenoxy) is 2. The molecule has 0 saturated carbocycles. The molecule has 0 radical (unpaired) electrons. The molecule has 1 amide bonds. The van der Waals surface area contributed by atoms with Gasteiger partial charge in [0.2, 0.25) is 0 Å². The lowest BCUT2D eigenvalue weighted by atomic mass is 10.1. The van der Waals surface area contributed by atoms with Crippen LogP contribution >= 0.6 is 0 Å². The van der Waals surface area contributed by atoms with Gasteiger partial charge in [0.05, 0.1) is 31.1 Å². The van der Waals surface area contributed by atoms with Gasteiger partial charge in [0.25, 0.3) is 5.91 Å². The van der Waals surface area contributed by atoms with Crippen molar-refractivity contribution in [2.45, 2.75) is 6.92 Å². The molecular weight excluding hydrogens is 372 g/mol. The van der Waals surface area contributed by atoms with E-state index in [4.69, 9.17) is 13.9 Å². The molecule has 0 unspecified atom stereocenters. The van der Waals surface area contributed by atoms with Crippen molar-refractivity contribution >= 4 is 18.1 Å². The third-order valence-corrected chi connectivity index (χ3v) is 3.99. The van der Waals surface area contributed by atoms with E-state index in [0.29, 0.717) is 35.0 Å². The lowest BCUT2D eigenvalue weighted by Gasteiger charge is -2.05. The second-order valence-corrected chi connectivity index (χ2v) is 5.90. The first-order valence-electron chi connectivity index (χ1n) is 8.96. The highest BCUT2D eigenvalue weighted by Gasteiger charge is 2.11. The summed E-state index contributed by atoms with van der Waals surface area (Å²) in [5.74, 6) is 0.687. The molecule has 0 spiro atoms. The molecule has 0 bridgehead atoms. The minimum Gasteiger partial charge on any atom is -0.496 e. The summed E-state index contributed by atoms with van der Waals surface area (Å²) in [5.41, 5.74) is 3.99. The van der Waals surface area contributed by atoms with Crippen LogP contribution in [0.1, 0.15) is 33.4 Å². The highest BCUT2D eigenvalue weighted by molar-refractivity contribution is 5.97. The van der Waals surface area contributed by atoms with Crippen molar-refractivity contribution in [3.05, 3.63) is 77.6 Å². The van der Waals surface area contributed by atoms with Crippen LogP contribution in [0.2, 0.25) is 0 Å². The number of hydrogen-bond donors (Lipinski definition) is 1. The molecule has 1 aromatic heterocycles. The normalized spacial score (nSPS) is 10.7. The highest BCUT2D eigenvalue weighted by atomic mass is 16.5. The Bertz CT molecular complexity index is 1040. The molecule has 0 atom stereocenters. The Kier molecular flexibility index (Phi) is 6.42. The Hall–Kier alpha value is -3.87. The predicted octanol–water partition coefficient (Wildman–Crippen LogP) is 3.90. The van der Waals surface area contributed by atoms with Crippen molar-refractivity contribution < 1.29 is 23.5 Å². The summed E-state index contributed by atoms with van der Waals surface area (Å²) in [6.45, 7) is 2.07. The Labute approximate surface area is 167 Å². The summed E-state index contributed by atoms with van der Waals surface area (Å²) < 4.78 is 15.9. The number of rotatable bonds is 7. The lowest BCUT2D eigenvalue weighted by molar-refractivity contribution is 0.0526. The zero-order valence-corrected chi connectivity index (χ0v) is 16.0. The van der Waals surface area contributed by atoms with E-state index in [2.05, 4.69) is 10.5 Å². The standard InChI is InChI=1S/C22H20N2O5/c1-3-28-22(26)16-8-6-7-15(13-16)19-12-11-17(29-19)14-23-24-21(25)18-9-4-5-10-20(18)27-2/h4-14H,3H2,1-2H3,(H,24,25)/b23-14-. The number of esters is 1. The molecule has 3 rings (SSSR count). The number of carbonyl (C=O) groups excluding carboxylic acids is 2. The zero-order chi connectivity index (χ0) is 20.6. The number of hydrogen-bond acceptors (Lipinski definition) is 6. The maximum atomic E-state index is 12.2. The SMILES string of the molecule is CCOC(=O)c1cccc(-c2ccc(/C=N\NC(=O)c3ccccc3OC)o2)c1. The van der Waals surface area contributed by atoms with Crippen molar-refractivity contribution in [2.24, 2.45) is 5.10 Å². The van der Waals surface area contributed by atoms with Gasteiger partial charge in [-0.25, -0.2) is 10.2 Å². The molecule has 29 heavy (non-hydrogen) atoms. The summed E-state index contributed by atoms with van der Waals surface area (Å²) in [6, 6.07) is 17.3. The van der Waals surface area contributed by atoms with Gasteiger partial charge in [0, 0.05) is 5.56 Å². The predicted molar refractivity (Wildman–Crippen MR) is 108 cm³/mol. The topological polar surface area (TPSA) is 90.1 Å². The number of benzene rings is 2. The van der Waals surface area contributed by atoms with E-state index in [-0.39, 0.29) is 5.97 Å². The zero-order valence-electron chi connectivity index (χ0n) is 16.0. The van der Waals surface area contributed by atoms with Gasteiger partial charge >= 0.3 is 5.97 Å². The summed E-state index contributed by atoms with van der Waals surface area (Å²) >= 11 is 0. The number of hydrazone groups is 1. The van der Waals surface area contributed by atoms with E-state index in [1.54, 1.807) is 61.5 Å². The number of amides is 1. The van der Waals surface area contributed by atoms with E-state index >= 15 is 0 Å². The fourth-order valence-electron chi connectivity index (χ4n) is 2.64. The van der Waals surface area contributed by atoms with Gasteiger partial charge in [-0.1, -0.05) is 24.3 Å². The van der Waals surface area contributed by atoms with Crippen LogP contribution in [-0.2, 0) is 4.74 Å². The number of nitrogens with zero attached hydrogens (tertiary/aromatic N) is 1. The largest absolute Gasteiger partial charge is 0.496 e. The molecule has 2 aromatic carbocycles. The average Bonchev–Trinajstić information content (AvgIpc) is 3.23. The van der Waals surface area contributed by atoms with Crippen LogP contribution in [0.5, 0.6) is 5.75 Å². The first kappa shape index (κ1) is 19.9. The van der Waals surface area contributed by atoms with Crippen LogP contribution in [-0.4, -0.2) is 31.8 Å². The second-order valence-electron chi connectivity index (χ2n) is 5.90. The Morgan fingerprint density at radius 1 is 1.10 bits per heavy atom. The van der Waals surface area contributed by atoms with Gasteiger partial charge < -0.3 is 13.9 Å². The third kappa shape index (κ3) is 4.90. The highest BCUT2D eigenvalue weighted by Crippen LogP contribution is 2.23. The van der Waals surface area contributed by atoms with Gasteiger partial charge in [0.15, 0.2) is 0 Å². The summed E-state index contributed by atoms with van der Waals surface area (Å²) in [5, 5.41) is 3.92. The molecule has 0 fully saturated rings. The molecule has 0 saturated heterocycles. The van der Waals surface area contributed by atoms with Crippen LogP contribution in [0.3, 0.4) is 0 Å². The number of carbonyl (C=O) groups is 2. The number of furan rings is 1. The number of para-hydroxylation sites is 1. The molecule has 0 aliphatic heterocycles. The third-order valence-electron chi connectivity index (χ3n) is 3.99. The fourth-order valence-corrected chi connectivity index (χ4v) is 2.64. The first-order chi connectivity index (χ1) is 14.1. The molecule has 0 aliphatic rings. The van der Waals surface area contributed by atoms with Gasteiger partial charge in [-0.05, 0) is 43.3 Å². The monoisotopic (exact) mass is 392 g/mol. The Morgan fingerprint density at radius 2 is 1.93 bits per heavy atom. The molecular formula is C22H20N2O5. The molecule has 7 heteroatoms. The number of methoxy groups -OCH3 is 1. The van der Waals surface area contributed by atoms with E-state index in [9.17, 15) is 9.59 Å². The van der Waals surface area contributed by atoms with Crippen molar-refractivity contribution in [2.75, 3.05) is 13.7 Å². The van der Waals surface area contributed by atoms with Gasteiger partial charge in [-0.2, -0.15) is 5.10 Å². The van der Waals surface area contributed by atoms with Crippen LogP contribution in [0.4, 0.5) is 0 Å². The van der Waals surface area contributed by atoms with Crippen LogP contribution in [0.25, 0.3) is 11.3 Å². The first-order valence-corrected chi connectivity index (χ1v) is 8.96. The lowest BCUT2D eigenvalue weighted by Crippen LogP contribution is -2.18. The molecule has 1 heterocycles. The Morgan fingerprint density at radius 3 is 2.72 bits per heavy atom. The molecule has 148 valence electrons. The summed E-state index contributed by atoms with van der Waals surface area (Å²) in [6.07, 6.45) is 1.39. The fraction of sp³-hybridized carbons (Fsp3) is 0.136. The van der Waals surface area contributed by atoms with Crippen molar-refractivity contribution in [3.63, 3.8) is 0 Å². The van der Waals surface area contributed by atoms with Crippen molar-refractivity contribution in [1.82, 2.24) is 5.43 Å². The van der Waals surface area contributed by atoms with E-state index < -0.39 is 5.91 Å². The van der Waals surface area contributed by atoms with Gasteiger partial charge in [-0.3, -0.25) is 4.79 Å². The molecule has 1 N–H and O–H groups in total. The van der Waals surface area contributed by atoms with Crippen LogP contribution in [0, 0.1) is 0 Å². The van der Waals surface area contributed by atoms with E-state index in [0.717, 1.165) is 5.56 Å². The smallest absolute Gasteiger partial charge is 0.338 e. The summed E-state index contributed by atoms with van der Waals surface area (Å²) in [7, 11) is 1.50. The van der Waals surface area contributed by atoms with Crippen LogP contribution in [0.15, 0.2) is 70.2 Å². The molecule has 7 nitrogen and oxygen atoms in total. The summed E-state index contributed by atoms with van der Waals surface area (Å²) in [4.78, 5) is 24.1. The van der Waals surface area contributed by atoms with Gasteiger partial charge in [-0.15, -0.1) is 0 Å². The maximum absolute atomic E-state index is 12.2. The van der Waals surface area contributed by atoms with E-state index in [1.165, 1.54) is 13.3 Å². The second kappa shape index (κ2) is 9.36. The quantitative estimate of drug-likeness (QED) is 0.374. The minimum absolute atomic E-state index is 0.311. The van der Waals surface area contributed by atoms with Crippen molar-refractivity contribution in [1.29, 1.82) is 0 Å². The average molecular weight is 392 g/mol. The molecule has 3 aromatic rings. The maximum Gasteiger partial charge on any atom is 0.338 e. The van der Waals surface area contributed by atoms with Crippen LogP contribution < -0.4 is 10.2 Å². The minimum atomic E-state index is -0.396. The Balaban J connectivity index is 1.68. The number of nitrogens with one attached hydrogen (secondary N) is 1. The van der Waals surface area contributed by atoms with Crippen molar-refractivity contribution in [3.8, 4) is 17.1 Å². The molecule has 0 aliphatic carbocycles.